The summed E-state index contributed by atoms with van der Waals surface area (Å²) in [6.07, 6.45) is 3.59. The standard InChI is InChI=1S/C13H23NO3/c1-9-5-6-14(10(2)7-9)8-11-3-4-12(17-11)13(15)16/h9-12H,3-8H2,1-2H3,(H,15,16). The molecule has 98 valence electrons. The molecule has 4 nitrogen and oxygen atoms in total. The van der Waals surface area contributed by atoms with Gasteiger partial charge < -0.3 is 9.84 Å². The molecule has 0 saturated carbocycles. The van der Waals surface area contributed by atoms with Crippen LogP contribution in [-0.4, -0.2) is 47.3 Å². The molecule has 0 amide bonds. The highest BCUT2D eigenvalue weighted by molar-refractivity contribution is 5.72. The van der Waals surface area contributed by atoms with Crippen LogP contribution in [0.2, 0.25) is 0 Å². The third-order valence-electron chi connectivity index (χ3n) is 4.10. The van der Waals surface area contributed by atoms with E-state index in [0.717, 1.165) is 25.4 Å². The molecule has 0 spiro atoms. The molecular weight excluding hydrogens is 218 g/mol. The molecule has 4 atom stereocenters. The van der Waals surface area contributed by atoms with Crippen LogP contribution in [0.1, 0.15) is 39.5 Å². The van der Waals surface area contributed by atoms with E-state index >= 15 is 0 Å². The lowest BCUT2D eigenvalue weighted by Gasteiger charge is -2.37. The minimum Gasteiger partial charge on any atom is -0.479 e. The molecule has 0 aromatic carbocycles. The first-order valence-electron chi connectivity index (χ1n) is 6.68. The lowest BCUT2D eigenvalue weighted by Crippen LogP contribution is -2.44. The summed E-state index contributed by atoms with van der Waals surface area (Å²) in [7, 11) is 0. The van der Waals surface area contributed by atoms with Gasteiger partial charge in [-0.3, -0.25) is 4.90 Å². The Bertz CT molecular complexity index is 282. The van der Waals surface area contributed by atoms with Gasteiger partial charge >= 0.3 is 5.97 Å². The zero-order valence-corrected chi connectivity index (χ0v) is 10.8. The highest BCUT2D eigenvalue weighted by atomic mass is 16.5. The Morgan fingerprint density at radius 3 is 2.71 bits per heavy atom. The highest BCUT2D eigenvalue weighted by Gasteiger charge is 2.33. The number of carboxylic acid groups (broad SMARTS) is 1. The summed E-state index contributed by atoms with van der Waals surface area (Å²) in [6, 6.07) is 0.603. The van der Waals surface area contributed by atoms with Crippen molar-refractivity contribution in [1.82, 2.24) is 4.90 Å². The molecule has 0 aromatic heterocycles. The van der Waals surface area contributed by atoms with Gasteiger partial charge in [0.25, 0.3) is 0 Å². The second-order valence-corrected chi connectivity index (χ2v) is 5.64. The van der Waals surface area contributed by atoms with Crippen LogP contribution in [0, 0.1) is 5.92 Å². The lowest BCUT2D eigenvalue weighted by atomic mass is 9.93. The minimum atomic E-state index is -0.812. The van der Waals surface area contributed by atoms with E-state index in [4.69, 9.17) is 9.84 Å². The summed E-state index contributed by atoms with van der Waals surface area (Å²) in [5, 5.41) is 8.88. The Kier molecular flexibility index (Phi) is 4.05. The third-order valence-corrected chi connectivity index (χ3v) is 4.10. The van der Waals surface area contributed by atoms with Crippen LogP contribution in [-0.2, 0) is 9.53 Å². The van der Waals surface area contributed by atoms with E-state index < -0.39 is 12.1 Å². The number of hydrogen-bond donors (Lipinski definition) is 1. The van der Waals surface area contributed by atoms with E-state index in [-0.39, 0.29) is 6.10 Å². The first-order valence-corrected chi connectivity index (χ1v) is 6.68. The topological polar surface area (TPSA) is 49.8 Å². The van der Waals surface area contributed by atoms with E-state index in [1.54, 1.807) is 0 Å². The summed E-state index contributed by atoms with van der Waals surface area (Å²) in [4.78, 5) is 13.3. The fourth-order valence-corrected chi connectivity index (χ4v) is 3.01. The molecule has 2 saturated heterocycles. The maximum Gasteiger partial charge on any atom is 0.332 e. The summed E-state index contributed by atoms with van der Waals surface area (Å²) >= 11 is 0. The first kappa shape index (κ1) is 12.8. The molecule has 4 heteroatoms. The predicted octanol–water partition coefficient (Wildman–Crippen LogP) is 1.74. The molecule has 0 bridgehead atoms. The summed E-state index contributed by atoms with van der Waals surface area (Å²) in [5.74, 6) is 0.00493. The number of carbonyl (C=O) groups is 1. The molecule has 2 rings (SSSR count). The zero-order valence-electron chi connectivity index (χ0n) is 10.8. The molecule has 0 aliphatic carbocycles. The van der Waals surface area contributed by atoms with Crippen molar-refractivity contribution in [3.63, 3.8) is 0 Å². The van der Waals surface area contributed by atoms with E-state index in [1.807, 2.05) is 0 Å². The second-order valence-electron chi connectivity index (χ2n) is 5.64. The second kappa shape index (κ2) is 5.36. The van der Waals surface area contributed by atoms with Crippen LogP contribution < -0.4 is 0 Å². The minimum absolute atomic E-state index is 0.118. The number of likely N-dealkylation sites (tertiary alicyclic amines) is 1. The number of ether oxygens (including phenoxy) is 1. The molecule has 0 aromatic rings. The third kappa shape index (κ3) is 3.19. The van der Waals surface area contributed by atoms with Crippen LogP contribution in [0.4, 0.5) is 0 Å². The van der Waals surface area contributed by atoms with Gasteiger partial charge in [-0.05, 0) is 45.1 Å². The van der Waals surface area contributed by atoms with E-state index in [9.17, 15) is 4.79 Å². The predicted molar refractivity (Wildman–Crippen MR) is 65.0 cm³/mol. The van der Waals surface area contributed by atoms with Crippen LogP contribution >= 0.6 is 0 Å². The van der Waals surface area contributed by atoms with Crippen molar-refractivity contribution in [1.29, 1.82) is 0 Å². The van der Waals surface area contributed by atoms with Gasteiger partial charge in [-0.25, -0.2) is 4.79 Å². The van der Waals surface area contributed by atoms with E-state index in [2.05, 4.69) is 18.7 Å². The van der Waals surface area contributed by atoms with Gasteiger partial charge in [0, 0.05) is 12.6 Å². The fourth-order valence-electron chi connectivity index (χ4n) is 3.01. The Morgan fingerprint density at radius 2 is 2.12 bits per heavy atom. The van der Waals surface area contributed by atoms with Crippen LogP contribution in [0.3, 0.4) is 0 Å². The normalized spacial score (nSPS) is 39.4. The molecule has 2 aliphatic rings. The Hall–Kier alpha value is -0.610. The van der Waals surface area contributed by atoms with Gasteiger partial charge in [-0.2, -0.15) is 0 Å². The van der Waals surface area contributed by atoms with Gasteiger partial charge in [0.1, 0.15) is 0 Å². The summed E-state index contributed by atoms with van der Waals surface area (Å²) < 4.78 is 5.56. The highest BCUT2D eigenvalue weighted by Crippen LogP contribution is 2.26. The lowest BCUT2D eigenvalue weighted by molar-refractivity contribution is -0.149. The fraction of sp³-hybridized carbons (Fsp3) is 0.923. The Morgan fingerprint density at radius 1 is 1.35 bits per heavy atom. The van der Waals surface area contributed by atoms with Gasteiger partial charge in [0.2, 0.25) is 0 Å². The number of carboxylic acids is 1. The number of hydrogen-bond acceptors (Lipinski definition) is 3. The quantitative estimate of drug-likeness (QED) is 0.817. The van der Waals surface area contributed by atoms with Crippen LogP contribution in [0.5, 0.6) is 0 Å². The number of nitrogens with zero attached hydrogens (tertiary/aromatic N) is 1. The summed E-state index contributed by atoms with van der Waals surface area (Å²) in [6.45, 7) is 6.59. The Labute approximate surface area is 103 Å². The first-order chi connectivity index (χ1) is 8.06. The molecule has 2 heterocycles. The van der Waals surface area contributed by atoms with Gasteiger partial charge in [-0.1, -0.05) is 6.92 Å². The van der Waals surface area contributed by atoms with Crippen molar-refractivity contribution in [2.75, 3.05) is 13.1 Å². The average Bonchev–Trinajstić information content (AvgIpc) is 2.71. The molecule has 0 radical (unpaired) electrons. The molecule has 2 aliphatic heterocycles. The number of rotatable bonds is 3. The largest absolute Gasteiger partial charge is 0.479 e. The number of aliphatic carboxylic acids is 1. The van der Waals surface area contributed by atoms with Crippen molar-refractivity contribution in [2.24, 2.45) is 5.92 Å². The molecule has 17 heavy (non-hydrogen) atoms. The molecule has 2 fully saturated rings. The average molecular weight is 241 g/mol. The molecule has 1 N–H and O–H groups in total. The van der Waals surface area contributed by atoms with Crippen molar-refractivity contribution in [3.8, 4) is 0 Å². The maximum absolute atomic E-state index is 10.8. The maximum atomic E-state index is 10.8. The molecular formula is C13H23NO3. The van der Waals surface area contributed by atoms with Gasteiger partial charge in [0.15, 0.2) is 6.10 Å². The van der Waals surface area contributed by atoms with Crippen molar-refractivity contribution in [2.45, 2.75) is 57.8 Å². The molecule has 4 unspecified atom stereocenters. The van der Waals surface area contributed by atoms with Gasteiger partial charge in [-0.15, -0.1) is 0 Å². The van der Waals surface area contributed by atoms with E-state index in [0.29, 0.717) is 12.5 Å². The monoisotopic (exact) mass is 241 g/mol. The van der Waals surface area contributed by atoms with Crippen molar-refractivity contribution in [3.05, 3.63) is 0 Å². The van der Waals surface area contributed by atoms with E-state index in [1.165, 1.54) is 12.8 Å². The zero-order chi connectivity index (χ0) is 12.4. The van der Waals surface area contributed by atoms with Crippen molar-refractivity contribution >= 4 is 5.97 Å². The smallest absolute Gasteiger partial charge is 0.332 e. The van der Waals surface area contributed by atoms with Crippen molar-refractivity contribution < 1.29 is 14.6 Å². The number of piperidine rings is 1. The Balaban J connectivity index is 1.80. The van der Waals surface area contributed by atoms with Crippen LogP contribution in [0.15, 0.2) is 0 Å². The summed E-state index contributed by atoms with van der Waals surface area (Å²) in [5.41, 5.74) is 0. The van der Waals surface area contributed by atoms with Gasteiger partial charge in [0.05, 0.1) is 6.10 Å². The SMILES string of the molecule is CC1CCN(CC2CCC(C(=O)O)O2)C(C)C1. The van der Waals surface area contributed by atoms with Crippen LogP contribution in [0.25, 0.3) is 0 Å².